The lowest BCUT2D eigenvalue weighted by atomic mass is 10.0. The van der Waals surface area contributed by atoms with Crippen LogP contribution in [0.4, 0.5) is 0 Å². The number of aromatic nitrogens is 1. The van der Waals surface area contributed by atoms with E-state index in [1.807, 2.05) is 36.8 Å². The summed E-state index contributed by atoms with van der Waals surface area (Å²) in [6.07, 6.45) is 2.69. The third kappa shape index (κ3) is 2.61. The van der Waals surface area contributed by atoms with Gasteiger partial charge in [-0.05, 0) is 24.1 Å². The average Bonchev–Trinajstić information content (AvgIpc) is 2.74. The predicted molar refractivity (Wildman–Crippen MR) is 68.9 cm³/mol. The number of thiazole rings is 1. The van der Waals surface area contributed by atoms with Crippen molar-refractivity contribution >= 4 is 22.9 Å². The normalized spacial score (nSPS) is 12.7. The van der Waals surface area contributed by atoms with Crippen LogP contribution in [0, 0.1) is 6.92 Å². The van der Waals surface area contributed by atoms with Crippen LogP contribution in [-0.2, 0) is 6.42 Å². The van der Waals surface area contributed by atoms with Gasteiger partial charge in [0.1, 0.15) is 0 Å². The monoisotopic (exact) mass is 252 g/mol. The minimum Gasteiger partial charge on any atom is -0.324 e. The van der Waals surface area contributed by atoms with Crippen LogP contribution >= 0.6 is 22.9 Å². The first-order valence-electron chi connectivity index (χ1n) is 5.06. The Bertz CT molecular complexity index is 468. The molecule has 0 aliphatic heterocycles. The number of benzene rings is 1. The first-order valence-corrected chi connectivity index (χ1v) is 6.31. The predicted octanol–water partition coefficient (Wildman–Crippen LogP) is 3.35. The summed E-state index contributed by atoms with van der Waals surface area (Å²) < 4.78 is 0. The highest BCUT2D eigenvalue weighted by Gasteiger charge is 2.09. The van der Waals surface area contributed by atoms with Gasteiger partial charge in [0.2, 0.25) is 0 Å². The van der Waals surface area contributed by atoms with E-state index in [1.165, 1.54) is 4.88 Å². The van der Waals surface area contributed by atoms with E-state index < -0.39 is 0 Å². The molecule has 0 radical (unpaired) electrons. The molecule has 0 aliphatic carbocycles. The fourth-order valence-corrected chi connectivity index (χ4v) is 2.35. The fourth-order valence-electron chi connectivity index (χ4n) is 1.58. The second-order valence-electron chi connectivity index (χ2n) is 3.79. The molecule has 1 unspecified atom stereocenters. The van der Waals surface area contributed by atoms with Gasteiger partial charge in [0, 0.05) is 28.6 Å². The molecule has 84 valence electrons. The van der Waals surface area contributed by atoms with Gasteiger partial charge in [-0.25, -0.2) is 0 Å². The molecular weight excluding hydrogens is 240 g/mol. The third-order valence-electron chi connectivity index (χ3n) is 2.51. The van der Waals surface area contributed by atoms with E-state index >= 15 is 0 Å². The maximum absolute atomic E-state index is 6.14. The molecule has 0 bridgehead atoms. The van der Waals surface area contributed by atoms with Crippen molar-refractivity contribution in [2.24, 2.45) is 5.73 Å². The molecule has 2 nitrogen and oxygen atoms in total. The fraction of sp³-hybridized carbons (Fsp3) is 0.250. The highest BCUT2D eigenvalue weighted by molar-refractivity contribution is 7.09. The van der Waals surface area contributed by atoms with Crippen LogP contribution in [0.15, 0.2) is 29.9 Å². The van der Waals surface area contributed by atoms with Gasteiger partial charge < -0.3 is 5.73 Å². The van der Waals surface area contributed by atoms with Crippen molar-refractivity contribution in [3.63, 3.8) is 0 Å². The Morgan fingerprint density at radius 2 is 2.31 bits per heavy atom. The van der Waals surface area contributed by atoms with E-state index in [1.54, 1.807) is 11.3 Å². The van der Waals surface area contributed by atoms with Crippen LogP contribution in [0.2, 0.25) is 5.02 Å². The molecule has 2 aromatic rings. The summed E-state index contributed by atoms with van der Waals surface area (Å²) in [4.78, 5) is 5.25. The lowest BCUT2D eigenvalue weighted by Gasteiger charge is -2.11. The Labute approximate surface area is 104 Å². The lowest BCUT2D eigenvalue weighted by Crippen LogP contribution is -2.12. The van der Waals surface area contributed by atoms with E-state index in [4.69, 9.17) is 17.3 Å². The minimum absolute atomic E-state index is 0.0106. The minimum atomic E-state index is 0.0106. The molecule has 0 aliphatic rings. The summed E-state index contributed by atoms with van der Waals surface area (Å²) in [5.41, 5.74) is 10.2. The van der Waals surface area contributed by atoms with Crippen molar-refractivity contribution in [3.05, 3.63) is 50.9 Å². The van der Waals surface area contributed by atoms with E-state index in [-0.39, 0.29) is 6.04 Å². The van der Waals surface area contributed by atoms with Crippen molar-refractivity contribution in [1.82, 2.24) is 4.98 Å². The molecule has 1 atom stereocenters. The number of aryl methyl sites for hydroxylation is 1. The van der Waals surface area contributed by atoms with E-state index in [0.717, 1.165) is 22.6 Å². The maximum atomic E-state index is 6.14. The molecule has 0 amide bonds. The first-order chi connectivity index (χ1) is 7.66. The molecule has 16 heavy (non-hydrogen) atoms. The van der Waals surface area contributed by atoms with Gasteiger partial charge in [-0.1, -0.05) is 23.7 Å². The van der Waals surface area contributed by atoms with Gasteiger partial charge in [-0.3, -0.25) is 4.98 Å². The molecule has 2 rings (SSSR count). The number of rotatable bonds is 3. The Morgan fingerprint density at radius 1 is 1.50 bits per heavy atom. The highest BCUT2D eigenvalue weighted by atomic mass is 35.5. The second kappa shape index (κ2) is 4.95. The molecule has 0 spiro atoms. The second-order valence-corrected chi connectivity index (χ2v) is 5.17. The number of nitrogens with zero attached hydrogens (tertiary/aromatic N) is 1. The zero-order valence-electron chi connectivity index (χ0n) is 8.98. The van der Waals surface area contributed by atoms with Crippen LogP contribution in [-0.4, -0.2) is 4.98 Å². The number of nitrogens with two attached hydrogens (primary N) is 1. The van der Waals surface area contributed by atoms with Crippen molar-refractivity contribution < 1.29 is 0 Å². The summed E-state index contributed by atoms with van der Waals surface area (Å²) in [7, 11) is 0. The molecule has 0 saturated heterocycles. The zero-order chi connectivity index (χ0) is 11.5. The summed E-state index contributed by atoms with van der Waals surface area (Å²) >= 11 is 7.62. The summed E-state index contributed by atoms with van der Waals surface area (Å²) in [5, 5.41) is 0.786. The molecule has 1 aromatic heterocycles. The SMILES string of the molecule is Cc1cc(C(N)Cc2cncs2)ccc1Cl. The standard InChI is InChI=1S/C12H13ClN2S/c1-8-4-9(2-3-11(8)13)12(14)5-10-6-15-7-16-10/h2-4,6-7,12H,5,14H2,1H3. The molecule has 2 N–H and O–H groups in total. The summed E-state index contributed by atoms with van der Waals surface area (Å²) in [6.45, 7) is 1.99. The number of hydrogen-bond acceptors (Lipinski definition) is 3. The van der Waals surface area contributed by atoms with Crippen LogP contribution < -0.4 is 5.73 Å². The van der Waals surface area contributed by atoms with Gasteiger partial charge in [-0.15, -0.1) is 11.3 Å². The summed E-state index contributed by atoms with van der Waals surface area (Å²) in [6, 6.07) is 5.95. The first kappa shape index (κ1) is 11.6. The van der Waals surface area contributed by atoms with E-state index in [9.17, 15) is 0 Å². The van der Waals surface area contributed by atoms with Crippen LogP contribution in [0.1, 0.15) is 22.0 Å². The van der Waals surface area contributed by atoms with Gasteiger partial charge >= 0.3 is 0 Å². The van der Waals surface area contributed by atoms with Gasteiger partial charge in [-0.2, -0.15) is 0 Å². The van der Waals surface area contributed by atoms with Crippen LogP contribution in [0.25, 0.3) is 0 Å². The molecular formula is C12H13ClN2S. The number of hydrogen-bond donors (Lipinski definition) is 1. The third-order valence-corrected chi connectivity index (χ3v) is 3.74. The lowest BCUT2D eigenvalue weighted by molar-refractivity contribution is 0.728. The Kier molecular flexibility index (Phi) is 3.59. The molecule has 1 heterocycles. The quantitative estimate of drug-likeness (QED) is 0.910. The molecule has 1 aromatic carbocycles. The van der Waals surface area contributed by atoms with Gasteiger partial charge in [0.15, 0.2) is 0 Å². The van der Waals surface area contributed by atoms with Gasteiger partial charge in [0.25, 0.3) is 0 Å². The van der Waals surface area contributed by atoms with Crippen molar-refractivity contribution in [2.45, 2.75) is 19.4 Å². The Balaban J connectivity index is 2.14. The zero-order valence-corrected chi connectivity index (χ0v) is 10.6. The van der Waals surface area contributed by atoms with Crippen molar-refractivity contribution in [3.8, 4) is 0 Å². The Morgan fingerprint density at radius 3 is 2.94 bits per heavy atom. The molecule has 4 heteroatoms. The van der Waals surface area contributed by atoms with Crippen LogP contribution in [0.3, 0.4) is 0 Å². The molecule has 0 saturated carbocycles. The Hall–Kier alpha value is -0.900. The largest absolute Gasteiger partial charge is 0.324 e. The topological polar surface area (TPSA) is 38.9 Å². The smallest absolute Gasteiger partial charge is 0.0794 e. The average molecular weight is 253 g/mol. The van der Waals surface area contributed by atoms with E-state index in [0.29, 0.717) is 0 Å². The van der Waals surface area contributed by atoms with Crippen molar-refractivity contribution in [1.29, 1.82) is 0 Å². The number of halogens is 1. The van der Waals surface area contributed by atoms with Crippen molar-refractivity contribution in [2.75, 3.05) is 0 Å². The van der Waals surface area contributed by atoms with E-state index in [2.05, 4.69) is 4.98 Å². The highest BCUT2D eigenvalue weighted by Crippen LogP contribution is 2.22. The van der Waals surface area contributed by atoms with Gasteiger partial charge in [0.05, 0.1) is 5.51 Å². The molecule has 0 fully saturated rings. The maximum Gasteiger partial charge on any atom is 0.0794 e. The van der Waals surface area contributed by atoms with Crippen LogP contribution in [0.5, 0.6) is 0 Å². The summed E-state index contributed by atoms with van der Waals surface area (Å²) in [5.74, 6) is 0.